The molecule has 4 nitrogen and oxygen atoms in total. The van der Waals surface area contributed by atoms with Crippen LogP contribution in [-0.4, -0.2) is 51.4 Å². The first kappa shape index (κ1) is 11.4. The van der Waals surface area contributed by atoms with Crippen LogP contribution in [0.3, 0.4) is 0 Å². The molecule has 0 spiro atoms. The molecule has 0 N–H and O–H groups in total. The fourth-order valence-electron chi connectivity index (χ4n) is 3.49. The highest BCUT2D eigenvalue weighted by Gasteiger charge is 2.30. The van der Waals surface area contributed by atoms with Crippen molar-refractivity contribution in [3.63, 3.8) is 0 Å². The van der Waals surface area contributed by atoms with Crippen LogP contribution < -0.4 is 0 Å². The van der Waals surface area contributed by atoms with Gasteiger partial charge in [-0.15, -0.1) is 0 Å². The van der Waals surface area contributed by atoms with Gasteiger partial charge in [0.25, 0.3) is 0 Å². The Morgan fingerprint density at radius 3 is 3.16 bits per heavy atom. The largest absolute Gasteiger partial charge is 0.307 e. The third kappa shape index (κ3) is 2.15. The molecule has 4 rings (SSSR count). The van der Waals surface area contributed by atoms with E-state index in [0.29, 0.717) is 0 Å². The Kier molecular flexibility index (Phi) is 2.78. The molecular weight excluding hydrogens is 236 g/mol. The predicted octanol–water partition coefficient (Wildman–Crippen LogP) is 1.61. The summed E-state index contributed by atoms with van der Waals surface area (Å²) < 4.78 is 2.11. The molecule has 4 heteroatoms. The maximum absolute atomic E-state index is 4.70. The van der Waals surface area contributed by atoms with Crippen molar-refractivity contribution < 1.29 is 0 Å². The highest BCUT2D eigenvalue weighted by Crippen LogP contribution is 2.22. The summed E-state index contributed by atoms with van der Waals surface area (Å²) in [6, 6.07) is 6.96. The van der Waals surface area contributed by atoms with E-state index in [1.165, 1.54) is 44.7 Å². The molecule has 100 valence electrons. The zero-order chi connectivity index (χ0) is 12.7. The first-order valence-electron chi connectivity index (χ1n) is 7.27. The van der Waals surface area contributed by atoms with Crippen LogP contribution in [0.2, 0.25) is 0 Å². The quantitative estimate of drug-likeness (QED) is 0.816. The van der Waals surface area contributed by atoms with E-state index in [4.69, 9.17) is 4.98 Å². The predicted molar refractivity (Wildman–Crippen MR) is 75.1 cm³/mol. The maximum atomic E-state index is 4.70. The summed E-state index contributed by atoms with van der Waals surface area (Å²) in [6.45, 7) is 5.94. The Labute approximate surface area is 113 Å². The molecular formula is C15H20N4. The summed E-state index contributed by atoms with van der Waals surface area (Å²) >= 11 is 0. The first-order valence-corrected chi connectivity index (χ1v) is 7.27. The van der Waals surface area contributed by atoms with Gasteiger partial charge in [-0.1, -0.05) is 6.07 Å². The first-order chi connectivity index (χ1) is 9.38. The van der Waals surface area contributed by atoms with Crippen LogP contribution in [-0.2, 0) is 6.54 Å². The van der Waals surface area contributed by atoms with E-state index in [1.54, 1.807) is 0 Å². The summed E-state index contributed by atoms with van der Waals surface area (Å²) in [5.74, 6) is 0. The lowest BCUT2D eigenvalue weighted by molar-refractivity contribution is 0.0986. The van der Waals surface area contributed by atoms with E-state index in [9.17, 15) is 0 Å². The molecule has 0 amide bonds. The number of nitrogens with zero attached hydrogens (tertiary/aromatic N) is 4. The Hall–Kier alpha value is -1.39. The van der Waals surface area contributed by atoms with E-state index >= 15 is 0 Å². The number of hydrogen-bond acceptors (Lipinski definition) is 3. The second kappa shape index (κ2) is 4.62. The van der Waals surface area contributed by atoms with E-state index in [2.05, 4.69) is 38.7 Å². The molecule has 0 bridgehead atoms. The molecule has 0 aliphatic carbocycles. The van der Waals surface area contributed by atoms with Gasteiger partial charge in [-0.2, -0.15) is 0 Å². The lowest BCUT2D eigenvalue weighted by atomic mass is 10.1. The molecule has 19 heavy (non-hydrogen) atoms. The van der Waals surface area contributed by atoms with Gasteiger partial charge in [-0.3, -0.25) is 9.80 Å². The van der Waals surface area contributed by atoms with Crippen LogP contribution in [0, 0.1) is 0 Å². The molecule has 2 fully saturated rings. The van der Waals surface area contributed by atoms with Gasteiger partial charge in [-0.05, 0) is 31.5 Å². The minimum absolute atomic E-state index is 0.797. The van der Waals surface area contributed by atoms with Crippen molar-refractivity contribution in [3.8, 4) is 0 Å². The summed E-state index contributed by atoms with van der Waals surface area (Å²) in [4.78, 5) is 9.92. The lowest BCUT2D eigenvalue weighted by Crippen LogP contribution is -2.49. The van der Waals surface area contributed by atoms with Crippen molar-refractivity contribution in [1.82, 2.24) is 19.2 Å². The number of aromatic nitrogens is 2. The van der Waals surface area contributed by atoms with Crippen molar-refractivity contribution in [1.29, 1.82) is 0 Å². The molecule has 2 aliphatic heterocycles. The van der Waals surface area contributed by atoms with Crippen molar-refractivity contribution in [2.24, 2.45) is 0 Å². The second-order valence-corrected chi connectivity index (χ2v) is 5.77. The number of imidazole rings is 1. The van der Waals surface area contributed by atoms with Crippen LogP contribution in [0.5, 0.6) is 0 Å². The van der Waals surface area contributed by atoms with Gasteiger partial charge >= 0.3 is 0 Å². The Morgan fingerprint density at radius 1 is 1.21 bits per heavy atom. The minimum Gasteiger partial charge on any atom is -0.307 e. The minimum atomic E-state index is 0.797. The number of fused-ring (bicyclic) bond motifs is 2. The number of rotatable bonds is 2. The third-order valence-electron chi connectivity index (χ3n) is 4.47. The topological polar surface area (TPSA) is 23.8 Å². The SMILES string of the molecule is c1ccn2cc(CN3CCN4CCCC4C3)nc2c1. The van der Waals surface area contributed by atoms with Gasteiger partial charge in [0.15, 0.2) is 0 Å². The van der Waals surface area contributed by atoms with Crippen molar-refractivity contribution in [3.05, 3.63) is 36.3 Å². The molecule has 1 unspecified atom stereocenters. The molecule has 4 heterocycles. The van der Waals surface area contributed by atoms with Gasteiger partial charge in [0, 0.05) is 44.6 Å². The molecule has 2 saturated heterocycles. The normalized spacial score (nSPS) is 24.9. The smallest absolute Gasteiger partial charge is 0.137 e. The van der Waals surface area contributed by atoms with Crippen LogP contribution in [0.1, 0.15) is 18.5 Å². The monoisotopic (exact) mass is 256 g/mol. The van der Waals surface area contributed by atoms with Gasteiger partial charge in [0.1, 0.15) is 5.65 Å². The molecule has 0 aromatic carbocycles. The van der Waals surface area contributed by atoms with Gasteiger partial charge in [0.2, 0.25) is 0 Å². The van der Waals surface area contributed by atoms with E-state index in [-0.39, 0.29) is 0 Å². The average molecular weight is 256 g/mol. The standard InChI is InChI=1S/C15H20N4/c1-2-6-19-11-13(16-15(19)5-1)10-17-8-9-18-7-3-4-14(18)12-17/h1-2,5-6,11,14H,3-4,7-10,12H2. The highest BCUT2D eigenvalue weighted by molar-refractivity contribution is 5.39. The summed E-state index contributed by atoms with van der Waals surface area (Å²) in [7, 11) is 0. The highest BCUT2D eigenvalue weighted by atomic mass is 15.3. The molecule has 2 aromatic rings. The third-order valence-corrected chi connectivity index (χ3v) is 4.47. The zero-order valence-corrected chi connectivity index (χ0v) is 11.2. The van der Waals surface area contributed by atoms with Gasteiger partial charge < -0.3 is 4.40 Å². The Balaban J connectivity index is 1.48. The van der Waals surface area contributed by atoms with Crippen LogP contribution >= 0.6 is 0 Å². The van der Waals surface area contributed by atoms with E-state index < -0.39 is 0 Å². The summed E-state index contributed by atoms with van der Waals surface area (Å²) in [5, 5.41) is 0. The number of pyridine rings is 1. The molecule has 1 atom stereocenters. The van der Waals surface area contributed by atoms with Crippen LogP contribution in [0.4, 0.5) is 0 Å². The Morgan fingerprint density at radius 2 is 2.21 bits per heavy atom. The van der Waals surface area contributed by atoms with Crippen LogP contribution in [0.15, 0.2) is 30.6 Å². The summed E-state index contributed by atoms with van der Waals surface area (Å²) in [6.07, 6.45) is 6.99. The van der Waals surface area contributed by atoms with E-state index in [1.807, 2.05) is 6.07 Å². The molecule has 2 aromatic heterocycles. The van der Waals surface area contributed by atoms with E-state index in [0.717, 1.165) is 18.2 Å². The molecule has 0 saturated carbocycles. The maximum Gasteiger partial charge on any atom is 0.137 e. The second-order valence-electron chi connectivity index (χ2n) is 5.77. The number of hydrogen-bond donors (Lipinski definition) is 0. The number of piperazine rings is 1. The Bertz CT molecular complexity index is 543. The van der Waals surface area contributed by atoms with Crippen molar-refractivity contribution in [2.75, 3.05) is 26.2 Å². The average Bonchev–Trinajstić information content (AvgIpc) is 3.03. The van der Waals surface area contributed by atoms with Gasteiger partial charge in [0.05, 0.1) is 5.69 Å². The zero-order valence-electron chi connectivity index (χ0n) is 11.2. The molecule has 2 aliphatic rings. The van der Waals surface area contributed by atoms with Gasteiger partial charge in [-0.25, -0.2) is 4.98 Å². The lowest BCUT2D eigenvalue weighted by Gasteiger charge is -2.37. The molecule has 0 radical (unpaired) electrons. The van der Waals surface area contributed by atoms with Crippen LogP contribution in [0.25, 0.3) is 5.65 Å². The summed E-state index contributed by atoms with van der Waals surface area (Å²) in [5.41, 5.74) is 2.25. The van der Waals surface area contributed by atoms with Crippen molar-refractivity contribution >= 4 is 5.65 Å². The van der Waals surface area contributed by atoms with Crippen molar-refractivity contribution in [2.45, 2.75) is 25.4 Å². The fourth-order valence-corrected chi connectivity index (χ4v) is 3.49. The fraction of sp³-hybridized carbons (Fsp3) is 0.533.